The summed E-state index contributed by atoms with van der Waals surface area (Å²) in [4.78, 5) is 25.6. The van der Waals surface area contributed by atoms with Gasteiger partial charge in [-0.1, -0.05) is 43.5 Å². The van der Waals surface area contributed by atoms with E-state index in [1.807, 2.05) is 19.9 Å². The van der Waals surface area contributed by atoms with Gasteiger partial charge in [0.1, 0.15) is 0 Å². The summed E-state index contributed by atoms with van der Waals surface area (Å²) in [5, 5.41) is 0. The third-order valence-electron chi connectivity index (χ3n) is 2.62. The fourth-order valence-electron chi connectivity index (χ4n) is 1.76. The number of hydrogen-bond donors (Lipinski definition) is 0. The molecule has 0 bridgehead atoms. The molecule has 0 N–H and O–H groups in total. The van der Waals surface area contributed by atoms with E-state index in [0.29, 0.717) is 5.70 Å². The third-order valence-corrected chi connectivity index (χ3v) is 2.62. The molecule has 1 aliphatic rings. The van der Waals surface area contributed by atoms with Crippen molar-refractivity contribution in [2.45, 2.75) is 13.8 Å². The predicted molar refractivity (Wildman–Crippen MR) is 77.0 cm³/mol. The molecule has 3 nitrogen and oxygen atoms in total. The number of hydrogen-bond acceptors (Lipinski definition) is 2. The fraction of sp³-hybridized carbons (Fsp3) is 0.125. The highest BCUT2D eigenvalue weighted by atomic mass is 16.2. The van der Waals surface area contributed by atoms with E-state index in [2.05, 4.69) is 13.2 Å². The molecular formula is C16H17NO2. The third kappa shape index (κ3) is 2.71. The van der Waals surface area contributed by atoms with Crippen molar-refractivity contribution in [2.75, 3.05) is 0 Å². The highest BCUT2D eigenvalue weighted by Gasteiger charge is 2.36. The summed E-state index contributed by atoms with van der Waals surface area (Å²) in [6, 6.07) is 0. The molecule has 0 aromatic carbocycles. The van der Waals surface area contributed by atoms with E-state index >= 15 is 0 Å². The van der Waals surface area contributed by atoms with Gasteiger partial charge in [-0.2, -0.15) is 0 Å². The maximum Gasteiger partial charge on any atom is 0.266 e. The van der Waals surface area contributed by atoms with Crippen LogP contribution in [0.5, 0.6) is 0 Å². The quantitative estimate of drug-likeness (QED) is 0.559. The smallest absolute Gasteiger partial charge is 0.266 e. The fourth-order valence-corrected chi connectivity index (χ4v) is 1.76. The Labute approximate surface area is 113 Å². The summed E-state index contributed by atoms with van der Waals surface area (Å²) >= 11 is 0. The standard InChI is InChI=1S/C16H17NO2/c1-5-9-11-12(10-6-2)17-15(18)13(7-3)14(8-4)16(17)19/h5-11H,3-4H2,1-2H3/b9-5-,10-6-,12-11+. The Hall–Kier alpha value is -2.42. The number of rotatable bonds is 5. The summed E-state index contributed by atoms with van der Waals surface area (Å²) < 4.78 is 0. The Balaban J connectivity index is 3.31. The molecule has 0 spiro atoms. The lowest BCUT2D eigenvalue weighted by atomic mass is 10.1. The van der Waals surface area contributed by atoms with Crippen LogP contribution >= 0.6 is 0 Å². The van der Waals surface area contributed by atoms with E-state index in [9.17, 15) is 9.59 Å². The molecule has 0 aromatic heterocycles. The summed E-state index contributed by atoms with van der Waals surface area (Å²) in [6.45, 7) is 10.8. The number of amides is 2. The number of allylic oxidation sites excluding steroid dienone is 5. The maximum absolute atomic E-state index is 12.2. The van der Waals surface area contributed by atoms with Gasteiger partial charge in [-0.05, 0) is 26.0 Å². The van der Waals surface area contributed by atoms with Crippen LogP contribution in [0.15, 0.2) is 72.5 Å². The van der Waals surface area contributed by atoms with Gasteiger partial charge in [-0.3, -0.25) is 9.59 Å². The molecule has 0 unspecified atom stereocenters. The number of imide groups is 1. The lowest BCUT2D eigenvalue weighted by molar-refractivity contribution is -0.134. The molecule has 2 amide bonds. The zero-order valence-electron chi connectivity index (χ0n) is 11.2. The molecule has 98 valence electrons. The van der Waals surface area contributed by atoms with Crippen LogP contribution in [0.4, 0.5) is 0 Å². The second-order valence-corrected chi connectivity index (χ2v) is 3.80. The van der Waals surface area contributed by atoms with Crippen LogP contribution in [0.2, 0.25) is 0 Å². The molecule has 1 heterocycles. The molecule has 0 aliphatic carbocycles. The van der Waals surface area contributed by atoms with Crippen LogP contribution in [0.3, 0.4) is 0 Å². The number of carbonyl (C=O) groups is 2. The van der Waals surface area contributed by atoms with Crippen molar-refractivity contribution in [1.82, 2.24) is 4.90 Å². The average molecular weight is 255 g/mol. The van der Waals surface area contributed by atoms with Crippen molar-refractivity contribution in [3.05, 3.63) is 72.5 Å². The van der Waals surface area contributed by atoms with Gasteiger partial charge >= 0.3 is 0 Å². The van der Waals surface area contributed by atoms with Gasteiger partial charge < -0.3 is 0 Å². The highest BCUT2D eigenvalue weighted by molar-refractivity contribution is 6.23. The SMILES string of the molecule is C=CC1=C(C=C)C(=O)N(C(/C=C\C)=C/C=C\C)C1=O. The van der Waals surface area contributed by atoms with Crippen LogP contribution in [-0.4, -0.2) is 16.7 Å². The molecule has 19 heavy (non-hydrogen) atoms. The number of carbonyl (C=O) groups excluding carboxylic acids is 2. The van der Waals surface area contributed by atoms with Gasteiger partial charge in [-0.25, -0.2) is 4.90 Å². The van der Waals surface area contributed by atoms with Crippen molar-refractivity contribution in [2.24, 2.45) is 0 Å². The minimum absolute atomic E-state index is 0.288. The van der Waals surface area contributed by atoms with Gasteiger partial charge in [0.15, 0.2) is 0 Å². The molecule has 0 saturated carbocycles. The van der Waals surface area contributed by atoms with Crippen LogP contribution < -0.4 is 0 Å². The van der Waals surface area contributed by atoms with E-state index in [1.54, 1.807) is 24.3 Å². The van der Waals surface area contributed by atoms with E-state index in [-0.39, 0.29) is 23.0 Å². The van der Waals surface area contributed by atoms with Crippen molar-refractivity contribution >= 4 is 11.8 Å². The first-order valence-electron chi connectivity index (χ1n) is 5.95. The normalized spacial score (nSPS) is 17.2. The number of nitrogens with zero attached hydrogens (tertiary/aromatic N) is 1. The summed E-state index contributed by atoms with van der Waals surface area (Å²) in [5.74, 6) is -0.743. The van der Waals surface area contributed by atoms with Crippen molar-refractivity contribution in [3.63, 3.8) is 0 Å². The maximum atomic E-state index is 12.2. The Morgan fingerprint density at radius 2 is 1.53 bits per heavy atom. The Morgan fingerprint density at radius 3 is 1.89 bits per heavy atom. The lowest BCUT2D eigenvalue weighted by Gasteiger charge is -2.15. The van der Waals surface area contributed by atoms with E-state index in [0.717, 1.165) is 4.90 Å². The van der Waals surface area contributed by atoms with Crippen LogP contribution in [0, 0.1) is 0 Å². The average Bonchev–Trinajstić information content (AvgIpc) is 2.65. The summed E-state index contributed by atoms with van der Waals surface area (Å²) in [5.41, 5.74) is 1.10. The Morgan fingerprint density at radius 1 is 1.00 bits per heavy atom. The molecule has 3 heteroatoms. The Kier molecular flexibility index (Phi) is 5.01. The first-order chi connectivity index (χ1) is 9.12. The molecular weight excluding hydrogens is 238 g/mol. The van der Waals surface area contributed by atoms with Gasteiger partial charge in [0.2, 0.25) is 0 Å². The topological polar surface area (TPSA) is 37.4 Å². The second kappa shape index (κ2) is 6.50. The van der Waals surface area contributed by atoms with Crippen LogP contribution in [0.25, 0.3) is 0 Å². The van der Waals surface area contributed by atoms with Gasteiger partial charge in [0, 0.05) is 0 Å². The largest absolute Gasteiger partial charge is 0.268 e. The van der Waals surface area contributed by atoms with E-state index in [4.69, 9.17) is 0 Å². The molecule has 0 radical (unpaired) electrons. The van der Waals surface area contributed by atoms with Crippen LogP contribution in [-0.2, 0) is 9.59 Å². The molecule has 0 atom stereocenters. The monoisotopic (exact) mass is 255 g/mol. The zero-order valence-corrected chi connectivity index (χ0v) is 11.2. The van der Waals surface area contributed by atoms with E-state index < -0.39 is 0 Å². The zero-order chi connectivity index (χ0) is 14.4. The molecule has 0 fully saturated rings. The minimum Gasteiger partial charge on any atom is -0.268 e. The molecule has 0 saturated heterocycles. The summed E-state index contributed by atoms with van der Waals surface area (Å²) in [7, 11) is 0. The lowest BCUT2D eigenvalue weighted by Crippen LogP contribution is -2.30. The van der Waals surface area contributed by atoms with Crippen LogP contribution in [0.1, 0.15) is 13.8 Å². The van der Waals surface area contributed by atoms with Gasteiger partial charge in [0.05, 0.1) is 16.8 Å². The first-order valence-corrected chi connectivity index (χ1v) is 5.95. The molecule has 0 aromatic rings. The predicted octanol–water partition coefficient (Wildman–Crippen LogP) is 3.06. The van der Waals surface area contributed by atoms with Crippen molar-refractivity contribution in [3.8, 4) is 0 Å². The van der Waals surface area contributed by atoms with Gasteiger partial charge in [-0.15, -0.1) is 0 Å². The first kappa shape index (κ1) is 14.6. The van der Waals surface area contributed by atoms with Gasteiger partial charge in [0.25, 0.3) is 11.8 Å². The Bertz CT molecular complexity index is 515. The summed E-state index contributed by atoms with van der Waals surface area (Å²) in [6.07, 6.45) is 11.6. The molecule has 1 aliphatic heterocycles. The molecule has 1 rings (SSSR count). The van der Waals surface area contributed by atoms with Crippen molar-refractivity contribution < 1.29 is 9.59 Å². The van der Waals surface area contributed by atoms with Crippen molar-refractivity contribution in [1.29, 1.82) is 0 Å². The minimum atomic E-state index is -0.372. The highest BCUT2D eigenvalue weighted by Crippen LogP contribution is 2.26. The van der Waals surface area contributed by atoms with E-state index in [1.165, 1.54) is 12.2 Å². The second-order valence-electron chi connectivity index (χ2n) is 3.80.